The van der Waals surface area contributed by atoms with Gasteiger partial charge in [0.2, 0.25) is 5.91 Å². The molecule has 1 aliphatic rings. The summed E-state index contributed by atoms with van der Waals surface area (Å²) in [7, 11) is 0. The van der Waals surface area contributed by atoms with Gasteiger partial charge in [0.25, 0.3) is 0 Å². The molecule has 2 N–H and O–H groups in total. The molecule has 0 aliphatic carbocycles. The molecule has 1 fully saturated rings. The van der Waals surface area contributed by atoms with Gasteiger partial charge in [-0.1, -0.05) is 32.4 Å². The average molecular weight is 260 g/mol. The van der Waals surface area contributed by atoms with Crippen LogP contribution in [0.2, 0.25) is 0 Å². The van der Waals surface area contributed by atoms with Crippen LogP contribution in [0, 0.1) is 5.41 Å². The first-order chi connectivity index (χ1) is 9.14. The number of nitrogens with one attached hydrogen (secondary N) is 2. The molecule has 0 atom stereocenters. The Balaban J connectivity index is 1.98. The Labute approximate surface area is 115 Å². The van der Waals surface area contributed by atoms with Gasteiger partial charge in [-0.2, -0.15) is 0 Å². The smallest absolute Gasteiger partial charge is 0.230 e. The zero-order chi connectivity index (χ0) is 13.7. The Hall–Kier alpha value is -1.35. The van der Waals surface area contributed by atoms with Crippen LogP contribution in [0.1, 0.15) is 38.7 Å². The predicted molar refractivity (Wildman–Crippen MR) is 79.3 cm³/mol. The molecule has 0 bridgehead atoms. The Morgan fingerprint density at radius 1 is 1.26 bits per heavy atom. The molecule has 1 aromatic rings. The van der Waals surface area contributed by atoms with Gasteiger partial charge in [-0.05, 0) is 50.0 Å². The molecule has 0 unspecified atom stereocenters. The molecule has 0 aromatic heterocycles. The van der Waals surface area contributed by atoms with E-state index in [0.29, 0.717) is 0 Å². The minimum absolute atomic E-state index is 0.150. The molecule has 19 heavy (non-hydrogen) atoms. The zero-order valence-corrected chi connectivity index (χ0v) is 12.0. The second-order valence-electron chi connectivity index (χ2n) is 5.71. The van der Waals surface area contributed by atoms with Crippen LogP contribution in [0.15, 0.2) is 24.3 Å². The number of carbonyl (C=O) groups excluding carboxylic acids is 1. The summed E-state index contributed by atoms with van der Waals surface area (Å²) < 4.78 is 0. The van der Waals surface area contributed by atoms with E-state index in [0.717, 1.165) is 44.5 Å². The van der Waals surface area contributed by atoms with E-state index in [9.17, 15) is 4.79 Å². The summed E-state index contributed by atoms with van der Waals surface area (Å²) in [5.74, 6) is 0.150. The van der Waals surface area contributed by atoms with Crippen molar-refractivity contribution in [2.45, 2.75) is 39.5 Å². The maximum atomic E-state index is 12.4. The van der Waals surface area contributed by atoms with E-state index in [2.05, 4.69) is 36.6 Å². The van der Waals surface area contributed by atoms with E-state index in [1.54, 1.807) is 0 Å². The third-order valence-corrected chi connectivity index (χ3v) is 4.01. The Bertz CT molecular complexity index is 419. The summed E-state index contributed by atoms with van der Waals surface area (Å²) in [6.07, 6.45) is 4.06. The number of hydrogen-bond acceptors (Lipinski definition) is 2. The lowest BCUT2D eigenvalue weighted by Crippen LogP contribution is -2.42. The highest BCUT2D eigenvalue weighted by atomic mass is 16.2. The second-order valence-corrected chi connectivity index (χ2v) is 5.71. The van der Waals surface area contributed by atoms with E-state index in [-0.39, 0.29) is 11.3 Å². The van der Waals surface area contributed by atoms with Crippen molar-refractivity contribution in [1.29, 1.82) is 0 Å². The zero-order valence-electron chi connectivity index (χ0n) is 12.0. The van der Waals surface area contributed by atoms with Gasteiger partial charge in [0.05, 0.1) is 0 Å². The lowest BCUT2D eigenvalue weighted by atomic mass is 9.80. The fraction of sp³-hybridized carbons (Fsp3) is 0.562. The Morgan fingerprint density at radius 2 is 1.89 bits per heavy atom. The number of carbonyl (C=O) groups is 1. The third kappa shape index (κ3) is 3.57. The van der Waals surface area contributed by atoms with Crippen LogP contribution in [0.4, 0.5) is 5.69 Å². The van der Waals surface area contributed by atoms with E-state index < -0.39 is 0 Å². The maximum Gasteiger partial charge on any atom is 0.230 e. The molecule has 104 valence electrons. The van der Waals surface area contributed by atoms with Crippen molar-refractivity contribution < 1.29 is 4.79 Å². The molecule has 0 spiro atoms. The van der Waals surface area contributed by atoms with Crippen LogP contribution in [-0.2, 0) is 11.2 Å². The minimum atomic E-state index is -0.229. The molecular weight excluding hydrogens is 236 g/mol. The van der Waals surface area contributed by atoms with Gasteiger partial charge in [0, 0.05) is 11.1 Å². The van der Waals surface area contributed by atoms with E-state index >= 15 is 0 Å². The summed E-state index contributed by atoms with van der Waals surface area (Å²) in [5.41, 5.74) is 2.01. The SMILES string of the molecule is CCCc1ccc(NC(=O)C2(C)CCNCC2)cc1. The van der Waals surface area contributed by atoms with Crippen LogP contribution in [-0.4, -0.2) is 19.0 Å². The quantitative estimate of drug-likeness (QED) is 0.874. The van der Waals surface area contributed by atoms with Gasteiger partial charge >= 0.3 is 0 Å². The highest BCUT2D eigenvalue weighted by Crippen LogP contribution is 2.29. The predicted octanol–water partition coefficient (Wildman–Crippen LogP) is 2.97. The number of aryl methyl sites for hydroxylation is 1. The van der Waals surface area contributed by atoms with Crippen molar-refractivity contribution in [3.63, 3.8) is 0 Å². The fourth-order valence-electron chi connectivity index (χ4n) is 2.53. The van der Waals surface area contributed by atoms with Gasteiger partial charge in [-0.15, -0.1) is 0 Å². The monoisotopic (exact) mass is 260 g/mol. The van der Waals surface area contributed by atoms with Crippen molar-refractivity contribution in [1.82, 2.24) is 5.32 Å². The molecule has 1 aromatic carbocycles. The number of benzene rings is 1. The number of amides is 1. The van der Waals surface area contributed by atoms with Crippen LogP contribution < -0.4 is 10.6 Å². The van der Waals surface area contributed by atoms with E-state index in [1.807, 2.05) is 12.1 Å². The summed E-state index contributed by atoms with van der Waals surface area (Å²) in [4.78, 5) is 12.4. The number of piperidine rings is 1. The molecule has 1 heterocycles. The summed E-state index contributed by atoms with van der Waals surface area (Å²) in [6.45, 7) is 6.10. The lowest BCUT2D eigenvalue weighted by molar-refractivity contribution is -0.126. The normalized spacial score (nSPS) is 18.0. The Kier molecular flexibility index (Phi) is 4.59. The summed E-state index contributed by atoms with van der Waals surface area (Å²) in [5, 5.41) is 6.35. The second kappa shape index (κ2) is 6.20. The standard InChI is InChI=1S/C16H24N2O/c1-3-4-13-5-7-14(8-6-13)18-15(19)16(2)9-11-17-12-10-16/h5-8,17H,3-4,9-12H2,1-2H3,(H,18,19). The van der Waals surface area contributed by atoms with E-state index in [4.69, 9.17) is 0 Å². The first kappa shape index (κ1) is 14.1. The van der Waals surface area contributed by atoms with Crippen molar-refractivity contribution in [3.8, 4) is 0 Å². The van der Waals surface area contributed by atoms with Crippen LogP contribution >= 0.6 is 0 Å². The van der Waals surface area contributed by atoms with Crippen molar-refractivity contribution >= 4 is 11.6 Å². The van der Waals surface area contributed by atoms with Gasteiger partial charge in [0.15, 0.2) is 0 Å². The van der Waals surface area contributed by atoms with Crippen molar-refractivity contribution in [2.24, 2.45) is 5.41 Å². The van der Waals surface area contributed by atoms with Gasteiger partial charge in [-0.25, -0.2) is 0 Å². The third-order valence-electron chi connectivity index (χ3n) is 4.01. The lowest BCUT2D eigenvalue weighted by Gasteiger charge is -2.32. The van der Waals surface area contributed by atoms with Crippen LogP contribution in [0.25, 0.3) is 0 Å². The van der Waals surface area contributed by atoms with Crippen LogP contribution in [0.3, 0.4) is 0 Å². The van der Waals surface area contributed by atoms with Gasteiger partial charge in [0.1, 0.15) is 0 Å². The molecule has 3 heteroatoms. The average Bonchev–Trinajstić information content (AvgIpc) is 2.42. The topological polar surface area (TPSA) is 41.1 Å². The molecule has 1 amide bonds. The highest BCUT2D eigenvalue weighted by Gasteiger charge is 2.34. The summed E-state index contributed by atoms with van der Waals surface area (Å²) >= 11 is 0. The number of hydrogen-bond donors (Lipinski definition) is 2. The van der Waals surface area contributed by atoms with E-state index in [1.165, 1.54) is 5.56 Å². The molecule has 0 radical (unpaired) electrons. The maximum absolute atomic E-state index is 12.4. The molecule has 3 nitrogen and oxygen atoms in total. The first-order valence-corrected chi connectivity index (χ1v) is 7.25. The molecular formula is C16H24N2O. The van der Waals surface area contributed by atoms with Gasteiger partial charge in [-0.3, -0.25) is 4.79 Å². The van der Waals surface area contributed by atoms with Crippen molar-refractivity contribution in [3.05, 3.63) is 29.8 Å². The molecule has 2 rings (SSSR count). The number of anilines is 1. The largest absolute Gasteiger partial charge is 0.326 e. The Morgan fingerprint density at radius 3 is 2.47 bits per heavy atom. The van der Waals surface area contributed by atoms with Gasteiger partial charge < -0.3 is 10.6 Å². The van der Waals surface area contributed by atoms with Crippen molar-refractivity contribution in [2.75, 3.05) is 18.4 Å². The fourth-order valence-corrected chi connectivity index (χ4v) is 2.53. The molecule has 0 saturated carbocycles. The molecule has 1 aliphatic heterocycles. The van der Waals surface area contributed by atoms with Crippen LogP contribution in [0.5, 0.6) is 0 Å². The molecule has 1 saturated heterocycles. The first-order valence-electron chi connectivity index (χ1n) is 7.25. The number of rotatable bonds is 4. The minimum Gasteiger partial charge on any atom is -0.326 e. The highest BCUT2D eigenvalue weighted by molar-refractivity contribution is 5.95. The summed E-state index contributed by atoms with van der Waals surface area (Å²) in [6, 6.07) is 8.22.